The molecule has 0 aliphatic carbocycles. The number of hydrogen-bond donors (Lipinski definition) is 3. The van der Waals surface area contributed by atoms with Gasteiger partial charge in [0.15, 0.2) is 0 Å². The number of hydrogen-bond acceptors (Lipinski definition) is 3. The van der Waals surface area contributed by atoms with Gasteiger partial charge in [0.05, 0.1) is 12.0 Å². The predicted molar refractivity (Wildman–Crippen MR) is 70.4 cm³/mol. The van der Waals surface area contributed by atoms with Crippen molar-refractivity contribution < 1.29 is 54.7 Å². The molecule has 0 amide bonds. The molecule has 0 aromatic carbocycles. The van der Waals surface area contributed by atoms with Gasteiger partial charge >= 0.3 is 131 Å². The van der Waals surface area contributed by atoms with E-state index in [-0.39, 0.29) is 138 Å². The van der Waals surface area contributed by atoms with Gasteiger partial charge < -0.3 is 40.3 Å². The van der Waals surface area contributed by atoms with Crippen LogP contribution in [0.1, 0.15) is 15.0 Å². The minimum atomic E-state index is -1.54. The van der Waals surface area contributed by atoms with E-state index in [4.69, 9.17) is 15.3 Å². The fourth-order valence-corrected chi connectivity index (χ4v) is 0.500. The van der Waals surface area contributed by atoms with E-state index in [1.54, 1.807) is 0 Å². The van der Waals surface area contributed by atoms with Crippen molar-refractivity contribution in [2.24, 2.45) is 0 Å². The average molecular weight is 354 g/mol. The number of aliphatic carboxylic acids is 3. The van der Waals surface area contributed by atoms with Crippen LogP contribution in [0.2, 0.25) is 0 Å². The van der Waals surface area contributed by atoms with E-state index in [9.17, 15) is 14.4 Å². The Morgan fingerprint density at radius 1 is 0.889 bits per heavy atom. The van der Waals surface area contributed by atoms with Crippen LogP contribution in [0, 0.1) is 0 Å². The molecule has 0 saturated carbocycles. The molecule has 0 unspecified atom stereocenters. The van der Waals surface area contributed by atoms with Crippen molar-refractivity contribution in [3.8, 4) is 0 Å². The fraction of sp³-hybridized carbons (Fsp3) is 0.167. The standard InChI is InChI=1S/C6H6O6.3Ca.3H2O.6H/c7-4(8)1-3(6(11)12)2-5(9)10;;;;;;;;;;;;/h1H,2H2,(H,7,8)(H,9,10)(H,11,12);;;;3*1H2;;;;;;/q;3*+2;;;;6*-1. The molecule has 102 valence electrons. The maximum absolute atomic E-state index is 10.2. The van der Waals surface area contributed by atoms with Crippen molar-refractivity contribution in [1.29, 1.82) is 0 Å². The topological polar surface area (TPSA) is 206 Å². The Balaban J connectivity index is -0.00000000917. The second kappa shape index (κ2) is 23.9. The van der Waals surface area contributed by atoms with Crippen LogP contribution < -0.4 is 0 Å². The SMILES string of the molecule is O.O.O.O=C(O)C=C(CC(=O)O)C(=O)O.[Ca+2].[Ca+2].[Ca+2].[H-].[H-].[H-].[H-].[H-].[H-]. The summed E-state index contributed by atoms with van der Waals surface area (Å²) < 4.78 is 0. The third-order valence-corrected chi connectivity index (χ3v) is 0.914. The molecular weight excluding hydrogens is 336 g/mol. The first kappa shape index (κ1) is 42.7. The van der Waals surface area contributed by atoms with Crippen LogP contribution in [-0.4, -0.2) is 163 Å². The van der Waals surface area contributed by atoms with Crippen LogP contribution >= 0.6 is 0 Å². The van der Waals surface area contributed by atoms with Gasteiger partial charge in [-0.05, 0) is 0 Å². The van der Waals surface area contributed by atoms with E-state index in [0.29, 0.717) is 6.08 Å². The Bertz CT molecular complexity index is 284. The Hall–Kier alpha value is 1.81. The number of carboxylic acid groups (broad SMARTS) is 3. The molecule has 0 saturated heterocycles. The average Bonchev–Trinajstić information content (AvgIpc) is 1.83. The van der Waals surface area contributed by atoms with Crippen molar-refractivity contribution in [2.75, 3.05) is 0 Å². The third kappa shape index (κ3) is 26.4. The van der Waals surface area contributed by atoms with E-state index in [2.05, 4.69) is 0 Å². The molecule has 0 heterocycles. The molecule has 0 spiro atoms. The summed E-state index contributed by atoms with van der Waals surface area (Å²) in [5, 5.41) is 24.5. The minimum absolute atomic E-state index is 0. The monoisotopic (exact) mass is 354 g/mol. The van der Waals surface area contributed by atoms with Gasteiger partial charge in [0.1, 0.15) is 0 Å². The number of rotatable bonds is 4. The number of carboxylic acids is 3. The first-order valence-electron chi connectivity index (χ1n) is 2.82. The van der Waals surface area contributed by atoms with E-state index in [1.165, 1.54) is 0 Å². The van der Waals surface area contributed by atoms with Gasteiger partial charge in [0.25, 0.3) is 0 Å². The van der Waals surface area contributed by atoms with Crippen molar-refractivity contribution in [3.63, 3.8) is 0 Å². The Kier molecular flexibility index (Phi) is 56.6. The summed E-state index contributed by atoms with van der Waals surface area (Å²) in [6.45, 7) is 0. The quantitative estimate of drug-likeness (QED) is 0.346. The van der Waals surface area contributed by atoms with Crippen LogP contribution in [0.15, 0.2) is 11.6 Å². The van der Waals surface area contributed by atoms with Gasteiger partial charge in [-0.3, -0.25) is 4.79 Å². The number of carbonyl (C=O) groups is 3. The maximum Gasteiger partial charge on any atom is 2.00 e. The largest absolute Gasteiger partial charge is 2.00 e. The minimum Gasteiger partial charge on any atom is -1.00 e. The molecule has 0 aromatic heterocycles. The molecule has 0 rings (SSSR count). The molecule has 0 aromatic rings. The molecule has 9 nitrogen and oxygen atoms in total. The first-order chi connectivity index (χ1) is 5.43. The third-order valence-electron chi connectivity index (χ3n) is 0.914. The van der Waals surface area contributed by atoms with Crippen molar-refractivity contribution in [3.05, 3.63) is 11.6 Å². The zero-order chi connectivity index (χ0) is 9.72. The normalized spacial score (nSPS) is 7.22. The van der Waals surface area contributed by atoms with Crippen molar-refractivity contribution in [1.82, 2.24) is 0 Å². The van der Waals surface area contributed by atoms with Gasteiger partial charge in [-0.2, -0.15) is 0 Å². The molecule has 0 radical (unpaired) electrons. The van der Waals surface area contributed by atoms with Gasteiger partial charge in [-0.1, -0.05) is 0 Å². The van der Waals surface area contributed by atoms with E-state index < -0.39 is 29.9 Å². The summed E-state index contributed by atoms with van der Waals surface area (Å²) in [4.78, 5) is 30.1. The van der Waals surface area contributed by atoms with Crippen LogP contribution in [0.5, 0.6) is 0 Å². The zero-order valence-corrected chi connectivity index (χ0v) is 16.1. The zero-order valence-electron chi connectivity index (χ0n) is 15.5. The second-order valence-corrected chi connectivity index (χ2v) is 1.88. The van der Waals surface area contributed by atoms with Crippen LogP contribution in [0.25, 0.3) is 0 Å². The summed E-state index contributed by atoms with van der Waals surface area (Å²) in [6, 6.07) is 0. The Morgan fingerprint density at radius 3 is 1.39 bits per heavy atom. The summed E-state index contributed by atoms with van der Waals surface area (Å²) in [7, 11) is 0. The van der Waals surface area contributed by atoms with Gasteiger partial charge in [0, 0.05) is 6.08 Å². The van der Waals surface area contributed by atoms with Crippen molar-refractivity contribution in [2.45, 2.75) is 6.42 Å². The van der Waals surface area contributed by atoms with Crippen LogP contribution in [0.3, 0.4) is 0 Å². The Morgan fingerprint density at radius 2 is 1.22 bits per heavy atom. The van der Waals surface area contributed by atoms with Gasteiger partial charge in [0.2, 0.25) is 0 Å². The second-order valence-electron chi connectivity index (χ2n) is 1.88. The van der Waals surface area contributed by atoms with Gasteiger partial charge in [-0.15, -0.1) is 0 Å². The molecule has 0 aliphatic heterocycles. The molecular formula is C6H18Ca3O9. The van der Waals surface area contributed by atoms with E-state index >= 15 is 0 Å². The Labute approximate surface area is 200 Å². The predicted octanol–water partition coefficient (Wildman–Crippen LogP) is -3.38. The summed E-state index contributed by atoms with van der Waals surface area (Å²) in [5.74, 6) is -4.40. The fourth-order valence-electron chi connectivity index (χ4n) is 0.500. The van der Waals surface area contributed by atoms with Crippen LogP contribution in [0.4, 0.5) is 0 Å². The molecule has 0 aliphatic rings. The van der Waals surface area contributed by atoms with Crippen LogP contribution in [-0.2, 0) is 14.4 Å². The van der Waals surface area contributed by atoms with Gasteiger partial charge in [-0.25, -0.2) is 9.59 Å². The molecule has 0 fully saturated rings. The maximum atomic E-state index is 10.2. The van der Waals surface area contributed by atoms with E-state index in [0.717, 1.165) is 0 Å². The molecule has 18 heavy (non-hydrogen) atoms. The molecule has 9 N–H and O–H groups in total. The van der Waals surface area contributed by atoms with Crippen molar-refractivity contribution >= 4 is 131 Å². The summed E-state index contributed by atoms with van der Waals surface area (Å²) >= 11 is 0. The van der Waals surface area contributed by atoms with E-state index in [1.807, 2.05) is 0 Å². The molecule has 0 atom stereocenters. The summed E-state index contributed by atoms with van der Waals surface area (Å²) in [5.41, 5.74) is -0.657. The summed E-state index contributed by atoms with van der Waals surface area (Å²) in [6.07, 6.45) is -0.446. The molecule has 12 heteroatoms. The first-order valence-corrected chi connectivity index (χ1v) is 2.82. The molecule has 0 bridgehead atoms. The smallest absolute Gasteiger partial charge is 1.00 e.